The molecule has 19 heavy (non-hydrogen) atoms. The average Bonchev–Trinajstić information content (AvgIpc) is 2.38. The van der Waals surface area contributed by atoms with Crippen molar-refractivity contribution in [3.63, 3.8) is 0 Å². The molecule has 0 radical (unpaired) electrons. The number of anilines is 2. The van der Waals surface area contributed by atoms with E-state index in [1.165, 1.54) is 6.20 Å². The number of primary amides is 1. The molecule has 1 aromatic carbocycles. The number of pyridine rings is 1. The zero-order valence-corrected chi connectivity index (χ0v) is 10.1. The summed E-state index contributed by atoms with van der Waals surface area (Å²) in [6.45, 7) is 0.514. The van der Waals surface area contributed by atoms with Crippen molar-refractivity contribution in [2.45, 2.75) is 6.54 Å². The Bertz CT molecular complexity index is 569. The van der Waals surface area contributed by atoms with Crippen molar-refractivity contribution in [2.75, 3.05) is 10.6 Å². The SMILES string of the molecule is NC(=O)Nc1cccc(NCc2ccc(O)cn2)c1. The van der Waals surface area contributed by atoms with Gasteiger partial charge in [0.15, 0.2) is 0 Å². The number of hydrogen-bond acceptors (Lipinski definition) is 4. The molecule has 6 heteroatoms. The van der Waals surface area contributed by atoms with Gasteiger partial charge in [0, 0.05) is 11.4 Å². The summed E-state index contributed by atoms with van der Waals surface area (Å²) in [5, 5.41) is 14.8. The summed E-state index contributed by atoms with van der Waals surface area (Å²) in [7, 11) is 0. The lowest BCUT2D eigenvalue weighted by Crippen LogP contribution is -2.19. The van der Waals surface area contributed by atoms with Crippen molar-refractivity contribution in [2.24, 2.45) is 5.73 Å². The van der Waals surface area contributed by atoms with Gasteiger partial charge in [-0.3, -0.25) is 4.98 Å². The Morgan fingerprint density at radius 2 is 2.05 bits per heavy atom. The second kappa shape index (κ2) is 5.72. The zero-order valence-electron chi connectivity index (χ0n) is 10.1. The molecule has 0 spiro atoms. The summed E-state index contributed by atoms with van der Waals surface area (Å²) in [6.07, 6.45) is 1.39. The number of carbonyl (C=O) groups excluding carboxylic acids is 1. The van der Waals surface area contributed by atoms with Crippen molar-refractivity contribution >= 4 is 17.4 Å². The lowest BCUT2D eigenvalue weighted by atomic mass is 10.2. The van der Waals surface area contributed by atoms with Gasteiger partial charge in [-0.1, -0.05) is 6.07 Å². The van der Waals surface area contributed by atoms with Crippen molar-refractivity contribution in [3.8, 4) is 5.75 Å². The second-order valence-corrected chi connectivity index (χ2v) is 3.93. The van der Waals surface area contributed by atoms with Crippen molar-refractivity contribution in [1.29, 1.82) is 0 Å². The average molecular weight is 258 g/mol. The van der Waals surface area contributed by atoms with E-state index in [1.54, 1.807) is 30.3 Å². The minimum atomic E-state index is -0.600. The number of nitrogens with two attached hydrogens (primary N) is 1. The molecule has 0 fully saturated rings. The van der Waals surface area contributed by atoms with Gasteiger partial charge in [0.25, 0.3) is 0 Å². The Hall–Kier alpha value is -2.76. The van der Waals surface area contributed by atoms with E-state index >= 15 is 0 Å². The summed E-state index contributed by atoms with van der Waals surface area (Å²) in [4.78, 5) is 14.8. The van der Waals surface area contributed by atoms with Crippen LogP contribution in [0.2, 0.25) is 0 Å². The Morgan fingerprint density at radius 1 is 1.26 bits per heavy atom. The number of benzene rings is 1. The van der Waals surface area contributed by atoms with E-state index < -0.39 is 6.03 Å². The van der Waals surface area contributed by atoms with Gasteiger partial charge in [0.05, 0.1) is 18.4 Å². The molecule has 6 nitrogen and oxygen atoms in total. The molecular weight excluding hydrogens is 244 g/mol. The minimum absolute atomic E-state index is 0.136. The fraction of sp³-hybridized carbons (Fsp3) is 0.0769. The first kappa shape index (κ1) is 12.7. The maximum atomic E-state index is 10.7. The number of hydrogen-bond donors (Lipinski definition) is 4. The first-order valence-electron chi connectivity index (χ1n) is 5.68. The third-order valence-electron chi connectivity index (χ3n) is 2.41. The van der Waals surface area contributed by atoms with E-state index in [-0.39, 0.29) is 5.75 Å². The molecule has 5 N–H and O–H groups in total. The van der Waals surface area contributed by atoms with Crippen LogP contribution in [0.25, 0.3) is 0 Å². The van der Waals surface area contributed by atoms with Gasteiger partial charge in [0.1, 0.15) is 5.75 Å². The molecule has 0 aliphatic rings. The predicted octanol–water partition coefficient (Wildman–Crippen LogP) is 1.89. The molecule has 0 bridgehead atoms. The summed E-state index contributed by atoms with van der Waals surface area (Å²) in [5.41, 5.74) is 7.30. The predicted molar refractivity (Wildman–Crippen MR) is 72.9 cm³/mol. The van der Waals surface area contributed by atoms with Crippen molar-refractivity contribution in [1.82, 2.24) is 4.98 Å². The Kier molecular flexibility index (Phi) is 3.82. The van der Waals surface area contributed by atoms with Gasteiger partial charge in [-0.2, -0.15) is 0 Å². The first-order chi connectivity index (χ1) is 9.13. The van der Waals surface area contributed by atoms with Crippen LogP contribution in [0.5, 0.6) is 5.75 Å². The molecular formula is C13H14N4O2. The largest absolute Gasteiger partial charge is 0.506 e. The smallest absolute Gasteiger partial charge is 0.316 e. The summed E-state index contributed by atoms with van der Waals surface area (Å²) >= 11 is 0. The number of aromatic hydroxyl groups is 1. The fourth-order valence-electron chi connectivity index (χ4n) is 1.56. The van der Waals surface area contributed by atoms with Crippen LogP contribution in [0.4, 0.5) is 16.2 Å². The maximum absolute atomic E-state index is 10.7. The Labute approximate surface area is 110 Å². The van der Waals surface area contributed by atoms with E-state index in [2.05, 4.69) is 15.6 Å². The number of aromatic nitrogens is 1. The van der Waals surface area contributed by atoms with Crippen LogP contribution in [-0.2, 0) is 6.54 Å². The van der Waals surface area contributed by atoms with E-state index in [0.717, 1.165) is 11.4 Å². The molecule has 0 atom stereocenters. The summed E-state index contributed by atoms with van der Waals surface area (Å²) in [5.74, 6) is 0.136. The van der Waals surface area contributed by atoms with Crippen LogP contribution in [0.1, 0.15) is 5.69 Å². The minimum Gasteiger partial charge on any atom is -0.506 e. The molecule has 2 amide bonds. The van der Waals surface area contributed by atoms with Gasteiger partial charge in [-0.15, -0.1) is 0 Å². The highest BCUT2D eigenvalue weighted by Gasteiger charge is 1.99. The lowest BCUT2D eigenvalue weighted by molar-refractivity contribution is 0.259. The molecule has 0 saturated carbocycles. The van der Waals surface area contributed by atoms with Crippen molar-refractivity contribution < 1.29 is 9.90 Å². The molecule has 98 valence electrons. The van der Waals surface area contributed by atoms with Crippen LogP contribution < -0.4 is 16.4 Å². The standard InChI is InChI=1S/C13H14N4O2/c14-13(19)17-10-3-1-2-9(6-10)15-7-11-4-5-12(18)8-16-11/h1-6,8,15,18H,7H2,(H3,14,17,19). The number of rotatable bonds is 4. The van der Waals surface area contributed by atoms with Crippen LogP contribution in [0.3, 0.4) is 0 Å². The highest BCUT2D eigenvalue weighted by atomic mass is 16.3. The lowest BCUT2D eigenvalue weighted by Gasteiger charge is -2.08. The third kappa shape index (κ3) is 3.88. The maximum Gasteiger partial charge on any atom is 0.316 e. The van der Waals surface area contributed by atoms with Gasteiger partial charge < -0.3 is 21.5 Å². The Balaban J connectivity index is 1.99. The summed E-state index contributed by atoms with van der Waals surface area (Å²) in [6, 6.07) is 9.89. The van der Waals surface area contributed by atoms with Gasteiger partial charge in [-0.05, 0) is 30.3 Å². The normalized spacial score (nSPS) is 9.89. The number of nitrogens with zero attached hydrogens (tertiary/aromatic N) is 1. The van der Waals surface area contributed by atoms with Crippen LogP contribution in [0, 0.1) is 0 Å². The van der Waals surface area contributed by atoms with E-state index in [0.29, 0.717) is 12.2 Å². The molecule has 1 aromatic heterocycles. The fourth-order valence-corrected chi connectivity index (χ4v) is 1.56. The van der Waals surface area contributed by atoms with Crippen LogP contribution >= 0.6 is 0 Å². The monoisotopic (exact) mass is 258 g/mol. The highest BCUT2D eigenvalue weighted by molar-refractivity contribution is 5.88. The quantitative estimate of drug-likeness (QED) is 0.672. The van der Waals surface area contributed by atoms with E-state index in [9.17, 15) is 4.79 Å². The molecule has 1 heterocycles. The van der Waals surface area contributed by atoms with Gasteiger partial charge >= 0.3 is 6.03 Å². The first-order valence-corrected chi connectivity index (χ1v) is 5.68. The number of nitrogens with one attached hydrogen (secondary N) is 2. The number of amides is 2. The van der Waals surface area contributed by atoms with Gasteiger partial charge in [0.2, 0.25) is 0 Å². The van der Waals surface area contributed by atoms with Crippen LogP contribution in [0.15, 0.2) is 42.6 Å². The molecule has 2 aromatic rings. The molecule has 2 rings (SSSR count). The molecule has 0 aliphatic heterocycles. The van der Waals surface area contributed by atoms with E-state index in [1.807, 2.05) is 6.07 Å². The molecule has 0 saturated heterocycles. The number of urea groups is 1. The zero-order chi connectivity index (χ0) is 13.7. The van der Waals surface area contributed by atoms with Gasteiger partial charge in [-0.25, -0.2) is 4.79 Å². The van der Waals surface area contributed by atoms with Crippen molar-refractivity contribution in [3.05, 3.63) is 48.3 Å². The molecule has 0 unspecified atom stereocenters. The number of carbonyl (C=O) groups is 1. The second-order valence-electron chi connectivity index (χ2n) is 3.93. The third-order valence-corrected chi connectivity index (χ3v) is 2.41. The van der Waals surface area contributed by atoms with Crippen LogP contribution in [-0.4, -0.2) is 16.1 Å². The van der Waals surface area contributed by atoms with E-state index in [4.69, 9.17) is 10.8 Å². The Morgan fingerprint density at radius 3 is 2.74 bits per heavy atom. The topological polar surface area (TPSA) is 100 Å². The summed E-state index contributed by atoms with van der Waals surface area (Å²) < 4.78 is 0. The highest BCUT2D eigenvalue weighted by Crippen LogP contribution is 2.16. The molecule has 0 aliphatic carbocycles.